The number of piperazine rings is 1. The number of piperidine rings is 1. The normalized spacial score (nSPS) is 22.0. The highest BCUT2D eigenvalue weighted by Crippen LogP contribution is 2.47. The summed E-state index contributed by atoms with van der Waals surface area (Å²) in [6.45, 7) is 16.6. The molecule has 3 saturated heterocycles. The lowest BCUT2D eigenvalue weighted by atomic mass is 9.92. The lowest BCUT2D eigenvalue weighted by molar-refractivity contribution is -0.136. The summed E-state index contributed by atoms with van der Waals surface area (Å²) < 4.78 is 1.78. The number of aromatic amines is 1. The number of anilines is 1. The van der Waals surface area contributed by atoms with Crippen LogP contribution in [0.2, 0.25) is 0 Å². The van der Waals surface area contributed by atoms with Gasteiger partial charge < -0.3 is 14.7 Å². The zero-order valence-corrected chi connectivity index (χ0v) is 28.6. The number of hydrogen-bond acceptors (Lipinski definition) is 8. The van der Waals surface area contributed by atoms with Crippen LogP contribution in [0.4, 0.5) is 5.82 Å². The molecule has 1 N–H and O–H groups in total. The number of pyridine rings is 2. The largest absolute Gasteiger partial charge is 0.354 e. The van der Waals surface area contributed by atoms with Crippen LogP contribution in [0.5, 0.6) is 0 Å². The molecule has 46 heavy (non-hydrogen) atoms. The second kappa shape index (κ2) is 13.4. The van der Waals surface area contributed by atoms with E-state index in [0.29, 0.717) is 44.2 Å². The monoisotopic (exact) mass is 648 g/mol. The molecule has 12 heteroatoms. The zero-order chi connectivity index (χ0) is 32.6. The highest BCUT2D eigenvalue weighted by Gasteiger charge is 2.44. The molecular weight excluding hydrogens is 600 g/mol. The van der Waals surface area contributed by atoms with Gasteiger partial charge in [0.25, 0.3) is 0 Å². The van der Waals surface area contributed by atoms with Gasteiger partial charge in [-0.2, -0.15) is 0 Å². The molecule has 6 heterocycles. The number of nitrogens with zero attached hydrogens (tertiary/aromatic N) is 7. The van der Waals surface area contributed by atoms with Gasteiger partial charge in [-0.05, 0) is 56.7 Å². The van der Waals surface area contributed by atoms with Gasteiger partial charge >= 0.3 is 5.69 Å². The number of carbonyl (C=O) groups excluding carboxylic acids is 2. The number of imidazole rings is 1. The summed E-state index contributed by atoms with van der Waals surface area (Å²) in [5.74, 6) is 0.998. The van der Waals surface area contributed by atoms with Gasteiger partial charge in [-0.25, -0.2) is 14.8 Å². The van der Waals surface area contributed by atoms with Gasteiger partial charge in [0, 0.05) is 82.3 Å². The van der Waals surface area contributed by atoms with E-state index in [4.69, 9.17) is 4.98 Å². The maximum Gasteiger partial charge on any atom is 0.327 e. The number of hydrogen-bond donors (Lipinski definition) is 1. The first kappa shape index (κ1) is 32.6. The van der Waals surface area contributed by atoms with Crippen LogP contribution in [-0.4, -0.2) is 103 Å². The van der Waals surface area contributed by atoms with Crippen molar-refractivity contribution in [3.05, 3.63) is 52.7 Å². The highest BCUT2D eigenvalue weighted by molar-refractivity contribution is 8.01. The second-order valence-electron chi connectivity index (χ2n) is 14.3. The highest BCUT2D eigenvalue weighted by atomic mass is 32.2. The fraction of sp³-hybridized carbons (Fsp3) is 0.618. The molecule has 0 aliphatic carbocycles. The number of H-pyrrole nitrogens is 1. The smallest absolute Gasteiger partial charge is 0.327 e. The van der Waals surface area contributed by atoms with Crippen LogP contribution in [0.15, 0.2) is 41.5 Å². The molecule has 3 fully saturated rings. The van der Waals surface area contributed by atoms with Crippen molar-refractivity contribution in [3.63, 3.8) is 0 Å². The molecule has 1 unspecified atom stereocenters. The summed E-state index contributed by atoms with van der Waals surface area (Å²) in [6.07, 6.45) is 5.93. The summed E-state index contributed by atoms with van der Waals surface area (Å²) in [5, 5.41) is -0.629. The van der Waals surface area contributed by atoms with Gasteiger partial charge in [0.1, 0.15) is 11.2 Å². The molecule has 0 bridgehead atoms. The molecule has 3 aliphatic heterocycles. The van der Waals surface area contributed by atoms with E-state index in [-0.39, 0.29) is 40.8 Å². The molecule has 2 amide bonds. The Kier molecular flexibility index (Phi) is 9.48. The third-order valence-electron chi connectivity index (χ3n) is 9.70. The fourth-order valence-electron chi connectivity index (χ4n) is 6.95. The van der Waals surface area contributed by atoms with E-state index < -0.39 is 5.25 Å². The summed E-state index contributed by atoms with van der Waals surface area (Å²) in [7, 11) is 0. The minimum absolute atomic E-state index is 0.000615. The Morgan fingerprint density at radius 2 is 1.70 bits per heavy atom. The number of aromatic nitrogens is 4. The second-order valence-corrected chi connectivity index (χ2v) is 15.6. The zero-order valence-electron chi connectivity index (χ0n) is 27.8. The standard InChI is InChI=1S/C34H48N8O3S/c1-23(2)38-18-20-40(21-19-38)30-25(8-6-14-36-30)32-41(17-12-34(3,4)5)31(44)27(46-32)22-28(43)39-15-10-24(11-16-39)42-26-9-7-13-35-29(26)37-33(42)45/h6-9,13-14,23-24,27,32H,10-12,15-22H2,1-5H3,(H,35,37,45)/t27-,32?/m0/s1. The molecule has 3 aliphatic rings. The molecule has 11 nitrogen and oxygen atoms in total. The number of fused-ring (bicyclic) bond motifs is 1. The minimum atomic E-state index is -0.441. The minimum Gasteiger partial charge on any atom is -0.354 e. The third kappa shape index (κ3) is 6.83. The fourth-order valence-corrected chi connectivity index (χ4v) is 8.43. The number of nitrogens with one attached hydrogen (secondary N) is 1. The van der Waals surface area contributed by atoms with Crippen molar-refractivity contribution < 1.29 is 9.59 Å². The molecule has 248 valence electrons. The van der Waals surface area contributed by atoms with Gasteiger partial charge in [0.05, 0.1) is 10.8 Å². The maximum atomic E-state index is 14.0. The van der Waals surface area contributed by atoms with E-state index in [0.717, 1.165) is 49.5 Å². The van der Waals surface area contributed by atoms with Gasteiger partial charge in [0.2, 0.25) is 11.8 Å². The predicted molar refractivity (Wildman–Crippen MR) is 183 cm³/mol. The van der Waals surface area contributed by atoms with Crippen molar-refractivity contribution in [1.82, 2.24) is 34.2 Å². The Morgan fingerprint density at radius 3 is 2.39 bits per heavy atom. The first-order valence-corrected chi connectivity index (χ1v) is 17.7. The van der Waals surface area contributed by atoms with Crippen LogP contribution in [0.25, 0.3) is 11.2 Å². The van der Waals surface area contributed by atoms with Crippen LogP contribution in [0, 0.1) is 5.41 Å². The topological polar surface area (TPSA) is 111 Å². The number of likely N-dealkylation sites (tertiary alicyclic amines) is 1. The van der Waals surface area contributed by atoms with E-state index in [2.05, 4.69) is 60.5 Å². The molecule has 6 rings (SSSR count). The Morgan fingerprint density at radius 1 is 1.00 bits per heavy atom. The van der Waals surface area contributed by atoms with E-state index in [1.54, 1.807) is 22.5 Å². The van der Waals surface area contributed by atoms with Gasteiger partial charge in [-0.3, -0.25) is 24.0 Å². The maximum absolute atomic E-state index is 14.0. The van der Waals surface area contributed by atoms with Gasteiger partial charge in [-0.1, -0.05) is 26.8 Å². The lowest BCUT2D eigenvalue weighted by Crippen LogP contribution is -2.49. The van der Waals surface area contributed by atoms with E-state index in [9.17, 15) is 14.4 Å². The van der Waals surface area contributed by atoms with Gasteiger partial charge in [-0.15, -0.1) is 11.8 Å². The Labute approximate surface area is 275 Å². The molecule has 0 saturated carbocycles. The summed E-state index contributed by atoms with van der Waals surface area (Å²) in [4.78, 5) is 61.1. The van der Waals surface area contributed by atoms with Crippen molar-refractivity contribution in [2.45, 2.75) is 83.0 Å². The molecule has 0 spiro atoms. The van der Waals surface area contributed by atoms with E-state index >= 15 is 0 Å². The Bertz CT molecular complexity index is 1600. The molecule has 0 radical (unpaired) electrons. The molecule has 3 aromatic rings. The van der Waals surface area contributed by atoms with Crippen LogP contribution in [0.1, 0.15) is 77.3 Å². The molecule has 3 aromatic heterocycles. The third-order valence-corrected chi connectivity index (χ3v) is 11.2. The first-order chi connectivity index (χ1) is 22.0. The van der Waals surface area contributed by atoms with Crippen molar-refractivity contribution in [2.75, 3.05) is 50.7 Å². The van der Waals surface area contributed by atoms with Gasteiger partial charge in [0.15, 0.2) is 5.65 Å². The molecule has 0 aromatic carbocycles. The van der Waals surface area contributed by atoms with Crippen molar-refractivity contribution in [2.24, 2.45) is 5.41 Å². The Hall–Kier alpha value is -3.38. The van der Waals surface area contributed by atoms with Crippen LogP contribution < -0.4 is 10.6 Å². The van der Waals surface area contributed by atoms with Crippen LogP contribution >= 0.6 is 11.8 Å². The van der Waals surface area contributed by atoms with E-state index in [1.807, 2.05) is 34.2 Å². The van der Waals surface area contributed by atoms with Crippen LogP contribution in [-0.2, 0) is 9.59 Å². The van der Waals surface area contributed by atoms with E-state index in [1.165, 1.54) is 0 Å². The number of thioether (sulfide) groups is 1. The van der Waals surface area contributed by atoms with Crippen molar-refractivity contribution in [3.8, 4) is 0 Å². The SMILES string of the molecule is CC(C)N1CCN(c2ncccc2C2S[C@@H](CC(=O)N3CCC(n4c(=O)[nH]c5ncccc54)CC3)C(=O)N2CCC(C)(C)C)CC1. The average molecular weight is 649 g/mol. The predicted octanol–water partition coefficient (Wildman–Crippen LogP) is 4.28. The summed E-state index contributed by atoms with van der Waals surface area (Å²) in [6, 6.07) is 8.33. The Balaban J connectivity index is 1.15. The first-order valence-electron chi connectivity index (χ1n) is 16.7. The quantitative estimate of drug-likeness (QED) is 0.386. The molecular formula is C34H48N8O3S. The number of amides is 2. The van der Waals surface area contributed by atoms with Crippen LogP contribution in [0.3, 0.4) is 0 Å². The molecule has 2 atom stereocenters. The van der Waals surface area contributed by atoms with Crippen molar-refractivity contribution in [1.29, 1.82) is 0 Å². The summed E-state index contributed by atoms with van der Waals surface area (Å²) in [5.41, 5.74) is 2.35. The average Bonchev–Trinajstić information content (AvgIpc) is 3.54. The number of carbonyl (C=O) groups is 2. The number of rotatable bonds is 8. The lowest BCUT2D eigenvalue weighted by Gasteiger charge is -2.39. The van der Waals surface area contributed by atoms with Crippen molar-refractivity contribution >= 4 is 40.6 Å². The summed E-state index contributed by atoms with van der Waals surface area (Å²) >= 11 is 1.60.